The summed E-state index contributed by atoms with van der Waals surface area (Å²) >= 11 is 1.28. The van der Waals surface area contributed by atoms with E-state index in [2.05, 4.69) is 15.0 Å². The predicted octanol–water partition coefficient (Wildman–Crippen LogP) is 2.83. The van der Waals surface area contributed by atoms with Gasteiger partial charge in [0.15, 0.2) is 16.7 Å². The number of thioether (sulfide) groups is 1. The van der Waals surface area contributed by atoms with E-state index in [1.54, 1.807) is 31.4 Å². The molecule has 0 saturated carbocycles. The van der Waals surface area contributed by atoms with Crippen molar-refractivity contribution in [3.05, 3.63) is 52.6 Å². The summed E-state index contributed by atoms with van der Waals surface area (Å²) in [6.07, 6.45) is 0. The van der Waals surface area contributed by atoms with Gasteiger partial charge >= 0.3 is 0 Å². The molecule has 0 saturated heterocycles. The summed E-state index contributed by atoms with van der Waals surface area (Å²) in [6.45, 7) is 0. The Hall–Kier alpha value is -3.20. The van der Waals surface area contributed by atoms with Gasteiger partial charge < -0.3 is 24.9 Å². The molecule has 0 aliphatic carbocycles. The lowest BCUT2D eigenvalue weighted by molar-refractivity contribution is 0.355. The minimum absolute atomic E-state index is 0.257. The first-order valence-corrected chi connectivity index (χ1v) is 9.28. The van der Waals surface area contributed by atoms with Crippen molar-refractivity contribution in [1.29, 1.82) is 0 Å². The van der Waals surface area contributed by atoms with E-state index < -0.39 is 0 Å². The van der Waals surface area contributed by atoms with Crippen LogP contribution in [0.4, 0.5) is 5.69 Å². The average Bonchev–Trinajstić information content (AvgIpc) is 2.72. The normalized spacial score (nSPS) is 11.5. The summed E-state index contributed by atoms with van der Waals surface area (Å²) in [5, 5.41) is 0.784. The topological polar surface area (TPSA) is 112 Å². The van der Waals surface area contributed by atoms with Gasteiger partial charge in [-0.3, -0.25) is 4.79 Å². The van der Waals surface area contributed by atoms with Crippen molar-refractivity contribution in [2.24, 2.45) is 10.7 Å². The summed E-state index contributed by atoms with van der Waals surface area (Å²) in [5.74, 6) is 2.58. The summed E-state index contributed by atoms with van der Waals surface area (Å²) in [4.78, 5) is 24.0. The molecule has 146 valence electrons. The lowest BCUT2D eigenvalue weighted by Gasteiger charge is -2.09. The van der Waals surface area contributed by atoms with Crippen LogP contribution in [0.3, 0.4) is 0 Å². The highest BCUT2D eigenvalue weighted by Crippen LogP contribution is 2.30. The number of H-pyrrole nitrogens is 1. The Balaban J connectivity index is 1.79. The predicted molar refractivity (Wildman–Crippen MR) is 111 cm³/mol. The molecule has 3 N–H and O–H groups in total. The largest absolute Gasteiger partial charge is 0.497 e. The zero-order valence-electron chi connectivity index (χ0n) is 15.7. The van der Waals surface area contributed by atoms with Crippen LogP contribution < -0.4 is 25.5 Å². The monoisotopic (exact) mass is 400 g/mol. The number of fused-ring (bicyclic) bond motifs is 1. The third-order valence-corrected chi connectivity index (χ3v) is 4.73. The quantitative estimate of drug-likeness (QED) is 0.483. The molecule has 2 aromatic carbocycles. The molecule has 0 aliphatic rings. The van der Waals surface area contributed by atoms with Crippen molar-refractivity contribution < 1.29 is 14.2 Å². The number of methoxy groups -OCH3 is 3. The van der Waals surface area contributed by atoms with Gasteiger partial charge in [0, 0.05) is 6.07 Å². The van der Waals surface area contributed by atoms with Crippen molar-refractivity contribution in [3.63, 3.8) is 0 Å². The van der Waals surface area contributed by atoms with Crippen LogP contribution in [-0.4, -0.2) is 36.5 Å². The molecule has 0 bridgehead atoms. The summed E-state index contributed by atoms with van der Waals surface area (Å²) in [7, 11) is 4.65. The molecule has 0 atom stereocenters. The number of aliphatic imine (C=N–C) groups is 1. The van der Waals surface area contributed by atoms with Gasteiger partial charge in [-0.1, -0.05) is 11.8 Å². The second-order valence-corrected chi connectivity index (χ2v) is 6.67. The summed E-state index contributed by atoms with van der Waals surface area (Å²) in [6, 6.07) is 10.5. The number of nitrogens with one attached hydrogen (secondary N) is 1. The molecule has 1 aromatic heterocycles. The molecule has 3 aromatic rings. The van der Waals surface area contributed by atoms with Gasteiger partial charge in [0.25, 0.3) is 5.56 Å². The molecule has 0 amide bonds. The molecular weight excluding hydrogens is 380 g/mol. The first-order chi connectivity index (χ1) is 13.5. The summed E-state index contributed by atoms with van der Waals surface area (Å²) in [5.41, 5.74) is 6.95. The molecule has 28 heavy (non-hydrogen) atoms. The fourth-order valence-corrected chi connectivity index (χ4v) is 3.13. The van der Waals surface area contributed by atoms with Crippen LogP contribution in [-0.2, 0) is 5.75 Å². The number of aromatic nitrogens is 2. The second-order valence-electron chi connectivity index (χ2n) is 5.67. The van der Waals surface area contributed by atoms with E-state index in [-0.39, 0.29) is 5.56 Å². The first-order valence-electron chi connectivity index (χ1n) is 8.30. The average molecular weight is 400 g/mol. The smallest absolute Gasteiger partial charge is 0.258 e. The molecule has 9 heteroatoms. The molecule has 0 unspecified atom stereocenters. The molecule has 1 heterocycles. The van der Waals surface area contributed by atoms with Crippen LogP contribution in [0.25, 0.3) is 10.9 Å². The fraction of sp³-hybridized carbons (Fsp3) is 0.211. The third kappa shape index (κ3) is 4.37. The van der Waals surface area contributed by atoms with E-state index in [1.165, 1.54) is 26.0 Å². The number of hydrogen-bond acceptors (Lipinski definition) is 7. The number of aromatic amines is 1. The lowest BCUT2D eigenvalue weighted by atomic mass is 10.2. The lowest BCUT2D eigenvalue weighted by Crippen LogP contribution is -2.13. The number of benzene rings is 2. The Bertz CT molecular complexity index is 1060. The van der Waals surface area contributed by atoms with Crippen LogP contribution in [0.15, 0.2) is 46.2 Å². The minimum atomic E-state index is -0.257. The number of nitrogens with zero attached hydrogens (tertiary/aromatic N) is 2. The number of hydrogen-bond donors (Lipinski definition) is 2. The molecule has 0 fully saturated rings. The van der Waals surface area contributed by atoms with Gasteiger partial charge in [-0.15, -0.1) is 0 Å². The minimum Gasteiger partial charge on any atom is -0.497 e. The highest BCUT2D eigenvalue weighted by molar-refractivity contribution is 8.13. The van der Waals surface area contributed by atoms with Gasteiger partial charge in [0.1, 0.15) is 11.6 Å². The van der Waals surface area contributed by atoms with Crippen LogP contribution in [0.1, 0.15) is 5.82 Å². The van der Waals surface area contributed by atoms with E-state index in [4.69, 9.17) is 19.9 Å². The highest BCUT2D eigenvalue weighted by Gasteiger charge is 2.11. The Morgan fingerprint density at radius 2 is 1.79 bits per heavy atom. The van der Waals surface area contributed by atoms with E-state index in [1.807, 2.05) is 12.1 Å². The van der Waals surface area contributed by atoms with Crippen LogP contribution in [0.5, 0.6) is 17.2 Å². The van der Waals surface area contributed by atoms with Crippen LogP contribution >= 0.6 is 11.8 Å². The van der Waals surface area contributed by atoms with Crippen molar-refractivity contribution >= 4 is 33.5 Å². The fourth-order valence-electron chi connectivity index (χ4n) is 2.54. The van der Waals surface area contributed by atoms with E-state index in [0.717, 1.165) is 5.75 Å². The van der Waals surface area contributed by atoms with Crippen LogP contribution in [0, 0.1) is 0 Å². The van der Waals surface area contributed by atoms with Crippen molar-refractivity contribution in [2.45, 2.75) is 5.75 Å². The van der Waals surface area contributed by atoms with Crippen LogP contribution in [0.2, 0.25) is 0 Å². The Kier molecular flexibility index (Phi) is 6.05. The first kappa shape index (κ1) is 19.6. The Morgan fingerprint density at radius 3 is 2.43 bits per heavy atom. The molecule has 0 radical (unpaired) electrons. The van der Waals surface area contributed by atoms with Gasteiger partial charge in [-0.25, -0.2) is 9.98 Å². The third-order valence-electron chi connectivity index (χ3n) is 3.93. The Labute approximate surface area is 165 Å². The van der Waals surface area contributed by atoms with Gasteiger partial charge in [0.2, 0.25) is 0 Å². The molecule has 3 rings (SSSR count). The number of amidine groups is 1. The molecule has 8 nitrogen and oxygen atoms in total. The molecule has 0 aliphatic heterocycles. The van der Waals surface area contributed by atoms with Crippen molar-refractivity contribution in [1.82, 2.24) is 9.97 Å². The second kappa shape index (κ2) is 8.66. The molecular formula is C19H20N4O4S. The van der Waals surface area contributed by atoms with E-state index >= 15 is 0 Å². The van der Waals surface area contributed by atoms with Crippen molar-refractivity contribution in [3.8, 4) is 17.2 Å². The van der Waals surface area contributed by atoms with Crippen molar-refractivity contribution in [2.75, 3.05) is 21.3 Å². The van der Waals surface area contributed by atoms with Gasteiger partial charge in [-0.2, -0.15) is 0 Å². The van der Waals surface area contributed by atoms with Gasteiger partial charge in [-0.05, 0) is 30.3 Å². The van der Waals surface area contributed by atoms with Gasteiger partial charge in [0.05, 0.1) is 43.7 Å². The number of ether oxygens (including phenoxy) is 3. The number of nitrogens with two attached hydrogens (primary N) is 1. The Morgan fingerprint density at radius 1 is 1.11 bits per heavy atom. The standard InChI is InChI=1S/C19H20N4O4S/c1-25-12-6-4-11(5-7-12)21-19(20)28-10-17-22-14-9-16(27-3)15(26-2)8-13(14)18(24)23-17/h4-9H,10H2,1-3H3,(H2,20,21)(H,22,23,24). The zero-order chi connectivity index (χ0) is 20.1. The SMILES string of the molecule is COc1ccc(N=C(N)SCc2nc3cc(OC)c(OC)cc3c(=O)[nH]2)cc1. The van der Waals surface area contributed by atoms with E-state index in [9.17, 15) is 4.79 Å². The number of rotatable bonds is 6. The maximum Gasteiger partial charge on any atom is 0.258 e. The highest BCUT2D eigenvalue weighted by atomic mass is 32.2. The zero-order valence-corrected chi connectivity index (χ0v) is 16.5. The van der Waals surface area contributed by atoms with E-state index in [0.29, 0.717) is 44.8 Å². The maximum absolute atomic E-state index is 12.4. The molecule has 0 spiro atoms. The maximum atomic E-state index is 12.4. The summed E-state index contributed by atoms with van der Waals surface area (Å²) < 4.78 is 15.6.